The summed E-state index contributed by atoms with van der Waals surface area (Å²) >= 11 is 4.90. The van der Waals surface area contributed by atoms with E-state index in [-0.39, 0.29) is 11.2 Å². The van der Waals surface area contributed by atoms with Crippen molar-refractivity contribution in [2.24, 2.45) is 0 Å². The van der Waals surface area contributed by atoms with Gasteiger partial charge in [-0.25, -0.2) is 0 Å². The summed E-state index contributed by atoms with van der Waals surface area (Å²) in [7, 11) is 0. The second kappa shape index (κ2) is 6.80. The Morgan fingerprint density at radius 1 is 0.952 bits per heavy atom. The van der Waals surface area contributed by atoms with Gasteiger partial charge in [-0.15, -0.1) is 0 Å². The molecule has 0 aliphatic carbocycles. The van der Waals surface area contributed by atoms with Gasteiger partial charge in [0, 0.05) is 15.4 Å². The fourth-order valence-corrected chi connectivity index (χ4v) is 3.09. The number of hydrogen-bond acceptors (Lipinski definition) is 2. The molecule has 3 heteroatoms. The number of benzene rings is 2. The van der Waals surface area contributed by atoms with E-state index in [0.717, 1.165) is 10.5 Å². The fraction of sp³-hybridized carbons (Fsp3) is 0.278. The lowest BCUT2D eigenvalue weighted by atomic mass is 9.87. The molecule has 110 valence electrons. The molecule has 0 saturated carbocycles. The molecule has 0 atom stereocenters. The Labute approximate surface area is 139 Å². The monoisotopic (exact) mass is 362 g/mol. The molecule has 0 spiro atoms. The van der Waals surface area contributed by atoms with Crippen molar-refractivity contribution in [1.29, 1.82) is 0 Å². The average Bonchev–Trinajstić information content (AvgIpc) is 2.47. The Kier molecular flexibility index (Phi) is 5.28. The molecular formula is C18H19BrOS. The van der Waals surface area contributed by atoms with Gasteiger partial charge in [-0.3, -0.25) is 4.79 Å². The Balaban J connectivity index is 2.10. The van der Waals surface area contributed by atoms with E-state index < -0.39 is 0 Å². The summed E-state index contributed by atoms with van der Waals surface area (Å²) in [6.07, 6.45) is 0. The van der Waals surface area contributed by atoms with E-state index in [4.69, 9.17) is 0 Å². The SMILES string of the molecule is CC(C)(C)c1ccc(Sc2ccc(C(=O)CBr)cc2)cc1. The van der Waals surface area contributed by atoms with Gasteiger partial charge in [-0.2, -0.15) is 0 Å². The second-order valence-electron chi connectivity index (χ2n) is 5.96. The van der Waals surface area contributed by atoms with E-state index >= 15 is 0 Å². The van der Waals surface area contributed by atoms with Gasteiger partial charge < -0.3 is 0 Å². The number of hydrogen-bond donors (Lipinski definition) is 0. The lowest BCUT2D eigenvalue weighted by Crippen LogP contribution is -2.10. The number of rotatable bonds is 4. The van der Waals surface area contributed by atoms with Crippen molar-refractivity contribution in [2.45, 2.75) is 36.0 Å². The molecule has 0 aliphatic heterocycles. The highest BCUT2D eigenvalue weighted by Gasteiger charge is 2.13. The third kappa shape index (κ3) is 4.45. The minimum absolute atomic E-state index is 0.112. The van der Waals surface area contributed by atoms with Crippen molar-refractivity contribution < 1.29 is 4.79 Å². The largest absolute Gasteiger partial charge is 0.293 e. The topological polar surface area (TPSA) is 17.1 Å². The van der Waals surface area contributed by atoms with Crippen molar-refractivity contribution >= 4 is 33.5 Å². The van der Waals surface area contributed by atoms with Crippen LogP contribution in [-0.4, -0.2) is 11.1 Å². The van der Waals surface area contributed by atoms with Crippen molar-refractivity contribution in [3.63, 3.8) is 0 Å². The number of carbonyl (C=O) groups excluding carboxylic acids is 1. The highest BCUT2D eigenvalue weighted by atomic mass is 79.9. The van der Waals surface area contributed by atoms with Gasteiger partial charge in [0.15, 0.2) is 5.78 Å². The summed E-state index contributed by atoms with van der Waals surface area (Å²) < 4.78 is 0. The maximum Gasteiger partial charge on any atom is 0.173 e. The summed E-state index contributed by atoms with van der Waals surface area (Å²) in [5.41, 5.74) is 2.27. The minimum atomic E-state index is 0.112. The normalized spacial score (nSPS) is 11.4. The van der Waals surface area contributed by atoms with Gasteiger partial charge in [-0.1, -0.05) is 72.7 Å². The molecule has 0 aliphatic rings. The molecule has 0 aromatic heterocycles. The van der Waals surface area contributed by atoms with Crippen LogP contribution in [-0.2, 0) is 5.41 Å². The van der Waals surface area contributed by atoms with E-state index in [1.165, 1.54) is 10.5 Å². The fourth-order valence-electron chi connectivity index (χ4n) is 1.95. The zero-order chi connectivity index (χ0) is 15.5. The molecule has 0 amide bonds. The molecule has 0 unspecified atom stereocenters. The Bertz CT molecular complexity index is 609. The van der Waals surface area contributed by atoms with Gasteiger partial charge >= 0.3 is 0 Å². The first kappa shape index (κ1) is 16.3. The molecular weight excluding hydrogens is 344 g/mol. The first-order valence-corrected chi connectivity index (χ1v) is 8.81. The Hall–Kier alpha value is -1.06. The summed E-state index contributed by atoms with van der Waals surface area (Å²) in [5, 5.41) is 0.369. The van der Waals surface area contributed by atoms with E-state index in [1.54, 1.807) is 11.8 Å². The van der Waals surface area contributed by atoms with Crippen LogP contribution in [0.1, 0.15) is 36.7 Å². The molecule has 2 rings (SSSR count). The van der Waals surface area contributed by atoms with Gasteiger partial charge in [0.1, 0.15) is 0 Å². The van der Waals surface area contributed by atoms with E-state index in [0.29, 0.717) is 5.33 Å². The maximum absolute atomic E-state index is 11.6. The van der Waals surface area contributed by atoms with E-state index in [1.807, 2.05) is 24.3 Å². The summed E-state index contributed by atoms with van der Waals surface area (Å²) in [4.78, 5) is 13.9. The maximum atomic E-state index is 11.6. The van der Waals surface area contributed by atoms with Crippen LogP contribution in [0.15, 0.2) is 58.3 Å². The van der Waals surface area contributed by atoms with E-state index in [9.17, 15) is 4.79 Å². The summed E-state index contributed by atoms with van der Waals surface area (Å²) in [6.45, 7) is 6.65. The number of ketones is 1. The number of carbonyl (C=O) groups is 1. The Morgan fingerprint density at radius 3 is 1.86 bits per heavy atom. The molecule has 0 radical (unpaired) electrons. The molecule has 0 saturated heterocycles. The van der Waals surface area contributed by atoms with Crippen molar-refractivity contribution in [3.05, 3.63) is 59.7 Å². The van der Waals surface area contributed by atoms with Crippen LogP contribution in [0.2, 0.25) is 0 Å². The molecule has 2 aromatic carbocycles. The van der Waals surface area contributed by atoms with Gasteiger partial charge in [0.2, 0.25) is 0 Å². The molecule has 0 heterocycles. The highest BCUT2D eigenvalue weighted by Crippen LogP contribution is 2.30. The lowest BCUT2D eigenvalue weighted by Gasteiger charge is -2.19. The first-order valence-electron chi connectivity index (χ1n) is 6.88. The summed E-state index contributed by atoms with van der Waals surface area (Å²) in [5.74, 6) is 0.112. The van der Waals surface area contributed by atoms with Crippen LogP contribution in [0.5, 0.6) is 0 Å². The first-order chi connectivity index (χ1) is 9.90. The van der Waals surface area contributed by atoms with Crippen LogP contribution < -0.4 is 0 Å². The average molecular weight is 363 g/mol. The van der Waals surface area contributed by atoms with Crippen LogP contribution in [0, 0.1) is 0 Å². The van der Waals surface area contributed by atoms with Gasteiger partial charge in [-0.05, 0) is 35.2 Å². The van der Waals surface area contributed by atoms with Crippen LogP contribution in [0.25, 0.3) is 0 Å². The van der Waals surface area contributed by atoms with Crippen LogP contribution in [0.4, 0.5) is 0 Å². The molecule has 21 heavy (non-hydrogen) atoms. The van der Waals surface area contributed by atoms with E-state index in [2.05, 4.69) is 61.0 Å². The zero-order valence-electron chi connectivity index (χ0n) is 12.5. The highest BCUT2D eigenvalue weighted by molar-refractivity contribution is 9.09. The molecule has 0 bridgehead atoms. The molecule has 0 fully saturated rings. The smallest absolute Gasteiger partial charge is 0.173 e. The molecule has 1 nitrogen and oxygen atoms in total. The number of Topliss-reactive ketones (excluding diaryl/α,β-unsaturated/α-hetero) is 1. The van der Waals surface area contributed by atoms with Crippen molar-refractivity contribution in [2.75, 3.05) is 5.33 Å². The Morgan fingerprint density at radius 2 is 1.43 bits per heavy atom. The number of alkyl halides is 1. The van der Waals surface area contributed by atoms with Crippen molar-refractivity contribution in [3.8, 4) is 0 Å². The van der Waals surface area contributed by atoms with Crippen LogP contribution in [0.3, 0.4) is 0 Å². The third-order valence-corrected chi connectivity index (χ3v) is 4.78. The molecule has 2 aromatic rings. The zero-order valence-corrected chi connectivity index (χ0v) is 14.9. The number of halogens is 1. The quantitative estimate of drug-likeness (QED) is 0.511. The lowest BCUT2D eigenvalue weighted by molar-refractivity contribution is 0.102. The standard InChI is InChI=1S/C18H19BrOS/c1-18(2,3)14-6-10-16(11-7-14)21-15-8-4-13(5-9-15)17(20)12-19/h4-11H,12H2,1-3H3. The molecule has 0 N–H and O–H groups in total. The van der Waals surface area contributed by atoms with Crippen LogP contribution >= 0.6 is 27.7 Å². The second-order valence-corrected chi connectivity index (χ2v) is 7.67. The van der Waals surface area contributed by atoms with Crippen molar-refractivity contribution in [1.82, 2.24) is 0 Å². The van der Waals surface area contributed by atoms with Gasteiger partial charge in [0.05, 0.1) is 5.33 Å². The van der Waals surface area contributed by atoms with Gasteiger partial charge in [0.25, 0.3) is 0 Å². The predicted molar refractivity (Wildman–Crippen MR) is 93.8 cm³/mol. The third-order valence-electron chi connectivity index (χ3n) is 3.25. The predicted octanol–water partition coefficient (Wildman–Crippen LogP) is 5.71. The summed E-state index contributed by atoms with van der Waals surface area (Å²) in [6, 6.07) is 16.4. The minimum Gasteiger partial charge on any atom is -0.293 e.